The zero-order valence-electron chi connectivity index (χ0n) is 17.1. The lowest BCUT2D eigenvalue weighted by molar-refractivity contribution is 0.249. The van der Waals surface area contributed by atoms with E-state index in [9.17, 15) is 5.11 Å². The van der Waals surface area contributed by atoms with E-state index in [2.05, 4.69) is 28.1 Å². The van der Waals surface area contributed by atoms with Crippen LogP contribution in [-0.2, 0) is 19.4 Å². The molecule has 1 aromatic carbocycles. The lowest BCUT2D eigenvalue weighted by Crippen LogP contribution is -2.42. The molecule has 1 aliphatic carbocycles. The average Bonchev–Trinajstić information content (AvgIpc) is 3.38. The molecule has 5 nitrogen and oxygen atoms in total. The van der Waals surface area contributed by atoms with Crippen LogP contribution < -0.4 is 5.32 Å². The van der Waals surface area contributed by atoms with Crippen molar-refractivity contribution < 1.29 is 5.11 Å². The van der Waals surface area contributed by atoms with E-state index in [1.165, 1.54) is 56.3 Å². The Kier molecular flexibility index (Phi) is 7.85. The van der Waals surface area contributed by atoms with E-state index in [0.717, 1.165) is 44.0 Å². The monoisotopic (exact) mass is 498 g/mol. The molecular weight excluding hydrogens is 463 g/mol. The minimum atomic E-state index is 0. The lowest BCUT2D eigenvalue weighted by atomic mass is 9.88. The highest BCUT2D eigenvalue weighted by molar-refractivity contribution is 14.0. The van der Waals surface area contributed by atoms with E-state index in [1.54, 1.807) is 0 Å². The van der Waals surface area contributed by atoms with Crippen LogP contribution in [0.15, 0.2) is 17.1 Å². The summed E-state index contributed by atoms with van der Waals surface area (Å²) in [5.74, 6) is 1.42. The van der Waals surface area contributed by atoms with Gasteiger partial charge in [0, 0.05) is 31.2 Å². The Balaban J connectivity index is 0.00000225. The fraction of sp³-hybridized carbons (Fsp3) is 0.682. The number of phenolic OH excluding ortho intramolecular Hbond substituents is 1. The van der Waals surface area contributed by atoms with Crippen molar-refractivity contribution in [3.8, 4) is 5.75 Å². The van der Waals surface area contributed by atoms with Crippen molar-refractivity contribution >= 4 is 29.9 Å². The van der Waals surface area contributed by atoms with Crippen molar-refractivity contribution in [1.29, 1.82) is 0 Å². The zero-order valence-corrected chi connectivity index (χ0v) is 19.5. The number of hydrogen-bond acceptors (Lipinski definition) is 3. The molecule has 4 rings (SSSR count). The molecule has 1 aromatic rings. The summed E-state index contributed by atoms with van der Waals surface area (Å²) >= 11 is 0. The Morgan fingerprint density at radius 1 is 1.14 bits per heavy atom. The van der Waals surface area contributed by atoms with Gasteiger partial charge in [0.05, 0.1) is 6.54 Å². The summed E-state index contributed by atoms with van der Waals surface area (Å²) in [6.07, 6.45) is 8.62. The number of nitrogens with one attached hydrogen (secondary N) is 1. The summed E-state index contributed by atoms with van der Waals surface area (Å²) in [4.78, 5) is 10.0. The van der Waals surface area contributed by atoms with Crippen LogP contribution in [0.2, 0.25) is 0 Å². The first-order valence-corrected chi connectivity index (χ1v) is 10.9. The molecule has 0 saturated carbocycles. The molecule has 0 spiro atoms. The van der Waals surface area contributed by atoms with E-state index in [1.807, 2.05) is 6.07 Å². The third kappa shape index (κ3) is 4.75. The van der Waals surface area contributed by atoms with Gasteiger partial charge in [0.2, 0.25) is 0 Å². The van der Waals surface area contributed by atoms with Gasteiger partial charge >= 0.3 is 0 Å². The Morgan fingerprint density at radius 3 is 2.71 bits per heavy atom. The standard InChI is InChI=1S/C22H34N4O.HI/c1-2-23-22(26-14-11-18(16-26)25-12-5-6-13-25)24-15-20-19-8-4-3-7-17(19)9-10-21(20)27;/h9-10,18,27H,2-8,11-16H2,1H3,(H,23,24);1H. The van der Waals surface area contributed by atoms with Gasteiger partial charge in [-0.15, -0.1) is 24.0 Å². The normalized spacial score (nSPS) is 22.8. The van der Waals surface area contributed by atoms with Gasteiger partial charge in [0.25, 0.3) is 0 Å². The molecule has 1 atom stereocenters. The summed E-state index contributed by atoms with van der Waals surface area (Å²) in [7, 11) is 0. The van der Waals surface area contributed by atoms with Crippen LogP contribution in [0.1, 0.15) is 55.7 Å². The SMILES string of the molecule is CCNC(=NCc1c(O)ccc2c1CCCC2)N1CCC(N2CCCC2)C1.I. The molecule has 0 bridgehead atoms. The number of hydrogen-bond donors (Lipinski definition) is 2. The molecule has 2 heterocycles. The van der Waals surface area contributed by atoms with Crippen molar-refractivity contribution in [1.82, 2.24) is 15.1 Å². The minimum Gasteiger partial charge on any atom is -0.508 e. The predicted molar refractivity (Wildman–Crippen MR) is 126 cm³/mol. The van der Waals surface area contributed by atoms with Crippen LogP contribution in [0.4, 0.5) is 0 Å². The Hall–Kier alpha value is -1.02. The smallest absolute Gasteiger partial charge is 0.194 e. The molecule has 2 aliphatic heterocycles. The fourth-order valence-electron chi connectivity index (χ4n) is 4.99. The number of rotatable bonds is 4. The van der Waals surface area contributed by atoms with Gasteiger partial charge in [-0.2, -0.15) is 0 Å². The maximum Gasteiger partial charge on any atom is 0.194 e. The second-order valence-electron chi connectivity index (χ2n) is 8.21. The number of nitrogens with zero attached hydrogens (tertiary/aromatic N) is 3. The van der Waals surface area contributed by atoms with Crippen LogP contribution in [0, 0.1) is 0 Å². The van der Waals surface area contributed by atoms with Crippen molar-refractivity contribution in [3.63, 3.8) is 0 Å². The summed E-state index contributed by atoms with van der Waals surface area (Å²) in [6, 6.07) is 4.64. The number of likely N-dealkylation sites (tertiary alicyclic amines) is 2. The maximum absolute atomic E-state index is 10.5. The maximum atomic E-state index is 10.5. The fourth-order valence-corrected chi connectivity index (χ4v) is 4.99. The van der Waals surface area contributed by atoms with Gasteiger partial charge < -0.3 is 15.3 Å². The third-order valence-corrected chi connectivity index (χ3v) is 6.47. The van der Waals surface area contributed by atoms with Crippen LogP contribution in [0.3, 0.4) is 0 Å². The number of guanidine groups is 1. The predicted octanol–water partition coefficient (Wildman–Crippen LogP) is 3.52. The summed E-state index contributed by atoms with van der Waals surface area (Å²) in [6.45, 7) is 8.25. The Bertz CT molecular complexity index is 687. The van der Waals surface area contributed by atoms with Gasteiger partial charge in [-0.1, -0.05) is 6.07 Å². The number of aromatic hydroxyl groups is 1. The van der Waals surface area contributed by atoms with Crippen LogP contribution in [0.25, 0.3) is 0 Å². The molecule has 6 heteroatoms. The van der Waals surface area contributed by atoms with E-state index < -0.39 is 0 Å². The van der Waals surface area contributed by atoms with E-state index in [-0.39, 0.29) is 24.0 Å². The quantitative estimate of drug-likeness (QED) is 0.379. The highest BCUT2D eigenvalue weighted by Gasteiger charge is 2.30. The van der Waals surface area contributed by atoms with E-state index >= 15 is 0 Å². The first kappa shape index (κ1) is 21.7. The second kappa shape index (κ2) is 10.1. The molecule has 3 aliphatic rings. The van der Waals surface area contributed by atoms with Gasteiger partial charge in [0.1, 0.15) is 5.75 Å². The molecule has 2 fully saturated rings. The van der Waals surface area contributed by atoms with Crippen molar-refractivity contribution in [2.45, 2.75) is 64.5 Å². The lowest BCUT2D eigenvalue weighted by Gasteiger charge is -2.26. The Morgan fingerprint density at radius 2 is 1.93 bits per heavy atom. The average molecular weight is 498 g/mol. The molecule has 156 valence electrons. The molecule has 1 unspecified atom stereocenters. The van der Waals surface area contributed by atoms with Crippen molar-refractivity contribution in [2.75, 3.05) is 32.7 Å². The third-order valence-electron chi connectivity index (χ3n) is 6.47. The molecule has 2 N–H and O–H groups in total. The number of phenols is 1. The molecule has 28 heavy (non-hydrogen) atoms. The van der Waals surface area contributed by atoms with Crippen LogP contribution in [-0.4, -0.2) is 59.6 Å². The van der Waals surface area contributed by atoms with Gasteiger partial charge in [-0.3, -0.25) is 4.90 Å². The number of fused-ring (bicyclic) bond motifs is 1. The number of benzene rings is 1. The number of aliphatic imine (C=N–C) groups is 1. The van der Waals surface area contributed by atoms with E-state index in [4.69, 9.17) is 4.99 Å². The molecule has 2 saturated heterocycles. The number of halogens is 1. The molecule has 0 amide bonds. The number of aryl methyl sites for hydroxylation is 1. The van der Waals surface area contributed by atoms with Crippen LogP contribution in [0.5, 0.6) is 5.75 Å². The summed E-state index contributed by atoms with van der Waals surface area (Å²) in [5, 5.41) is 13.9. The van der Waals surface area contributed by atoms with Crippen molar-refractivity contribution in [2.24, 2.45) is 4.99 Å². The zero-order chi connectivity index (χ0) is 18.6. The Labute approximate surface area is 186 Å². The first-order chi connectivity index (χ1) is 13.3. The van der Waals surface area contributed by atoms with Gasteiger partial charge in [0.15, 0.2) is 5.96 Å². The summed E-state index contributed by atoms with van der Waals surface area (Å²) < 4.78 is 0. The highest BCUT2D eigenvalue weighted by Crippen LogP contribution is 2.31. The summed E-state index contributed by atoms with van der Waals surface area (Å²) in [5.41, 5.74) is 3.79. The highest BCUT2D eigenvalue weighted by atomic mass is 127. The minimum absolute atomic E-state index is 0. The van der Waals surface area contributed by atoms with Gasteiger partial charge in [-0.25, -0.2) is 4.99 Å². The van der Waals surface area contributed by atoms with E-state index in [0.29, 0.717) is 18.3 Å². The van der Waals surface area contributed by atoms with Crippen molar-refractivity contribution in [3.05, 3.63) is 28.8 Å². The molecular formula is C22H35IN4O. The van der Waals surface area contributed by atoms with Gasteiger partial charge in [-0.05, 0) is 82.2 Å². The molecule has 0 radical (unpaired) electrons. The molecule has 0 aromatic heterocycles. The van der Waals surface area contributed by atoms with Crippen LogP contribution >= 0.6 is 24.0 Å². The second-order valence-corrected chi connectivity index (χ2v) is 8.21. The largest absolute Gasteiger partial charge is 0.508 e. The first-order valence-electron chi connectivity index (χ1n) is 10.9. The topological polar surface area (TPSA) is 51.1 Å².